The zero-order chi connectivity index (χ0) is 11.5. The molecule has 0 aromatic carbocycles. The maximum absolute atomic E-state index is 11.6. The highest BCUT2D eigenvalue weighted by atomic mass is 35.5. The summed E-state index contributed by atoms with van der Waals surface area (Å²) in [7, 11) is 0. The highest BCUT2D eigenvalue weighted by Gasteiger charge is 2.24. The Hall–Kier alpha value is -0.910. The van der Waals surface area contributed by atoms with Crippen molar-refractivity contribution in [1.82, 2.24) is 10.6 Å². The van der Waals surface area contributed by atoms with Crippen LogP contribution in [0.5, 0.6) is 0 Å². The molecule has 86 valence electrons. The Morgan fingerprint density at radius 2 is 2.44 bits per heavy atom. The summed E-state index contributed by atoms with van der Waals surface area (Å²) in [5.41, 5.74) is 0. The minimum Gasteiger partial charge on any atom is -0.351 e. The molecule has 1 aliphatic heterocycles. The Kier molecular flexibility index (Phi) is 3.58. The number of ketones is 1. The zero-order valence-electron chi connectivity index (χ0n) is 8.46. The maximum Gasteiger partial charge on any atom is 0.261 e. The maximum atomic E-state index is 11.6. The molecule has 1 aliphatic rings. The fourth-order valence-electron chi connectivity index (χ4n) is 1.55. The van der Waals surface area contributed by atoms with E-state index in [0.29, 0.717) is 28.8 Å². The third kappa shape index (κ3) is 2.61. The lowest BCUT2D eigenvalue weighted by molar-refractivity contribution is -0.119. The van der Waals surface area contributed by atoms with Gasteiger partial charge in [-0.2, -0.15) is 0 Å². The van der Waals surface area contributed by atoms with Gasteiger partial charge in [0.05, 0.1) is 15.8 Å². The number of nitrogens with one attached hydrogen (secondary N) is 2. The summed E-state index contributed by atoms with van der Waals surface area (Å²) in [5, 5.41) is 5.71. The predicted molar refractivity (Wildman–Crippen MR) is 63.0 cm³/mol. The van der Waals surface area contributed by atoms with E-state index in [1.54, 1.807) is 12.1 Å². The van der Waals surface area contributed by atoms with Crippen LogP contribution in [-0.4, -0.2) is 31.3 Å². The smallest absolute Gasteiger partial charge is 0.261 e. The van der Waals surface area contributed by atoms with Gasteiger partial charge in [0, 0.05) is 19.0 Å². The second-order valence-corrected chi connectivity index (χ2v) is 5.32. The van der Waals surface area contributed by atoms with E-state index in [9.17, 15) is 9.59 Å². The molecular weight excluding hydrogens is 248 g/mol. The number of thiophene rings is 1. The minimum atomic E-state index is -0.170. The standard InChI is InChI=1S/C10H11ClN2O2S/c11-9-2-1-8(16-9)10(15)13-4-6-3-12-5-7(6)14/h1-2,6,12H,3-5H2,(H,13,15)/t6-/m0/s1. The van der Waals surface area contributed by atoms with Gasteiger partial charge in [0.15, 0.2) is 5.78 Å². The minimum absolute atomic E-state index is 0.0978. The van der Waals surface area contributed by atoms with Gasteiger partial charge >= 0.3 is 0 Å². The average Bonchev–Trinajstić information content (AvgIpc) is 2.84. The number of hydrogen-bond donors (Lipinski definition) is 2. The van der Waals surface area contributed by atoms with E-state index in [1.807, 2.05) is 0 Å². The van der Waals surface area contributed by atoms with Crippen LogP contribution >= 0.6 is 22.9 Å². The van der Waals surface area contributed by atoms with Crippen LogP contribution in [0.4, 0.5) is 0 Å². The first-order valence-corrected chi connectivity index (χ1v) is 6.13. The topological polar surface area (TPSA) is 58.2 Å². The quantitative estimate of drug-likeness (QED) is 0.848. The number of halogens is 1. The molecule has 4 nitrogen and oxygen atoms in total. The lowest BCUT2D eigenvalue weighted by Gasteiger charge is -2.07. The average molecular weight is 259 g/mol. The Labute approximate surface area is 102 Å². The van der Waals surface area contributed by atoms with Crippen molar-refractivity contribution in [2.75, 3.05) is 19.6 Å². The molecule has 16 heavy (non-hydrogen) atoms. The van der Waals surface area contributed by atoms with E-state index in [4.69, 9.17) is 11.6 Å². The molecule has 0 unspecified atom stereocenters. The molecule has 0 saturated carbocycles. The third-order valence-corrected chi connectivity index (χ3v) is 3.68. The summed E-state index contributed by atoms with van der Waals surface area (Å²) in [5.74, 6) is -0.111. The van der Waals surface area contributed by atoms with Gasteiger partial charge in [-0.1, -0.05) is 11.6 Å². The summed E-state index contributed by atoms with van der Waals surface area (Å²) in [6, 6.07) is 3.36. The van der Waals surface area contributed by atoms with Gasteiger partial charge < -0.3 is 10.6 Å². The molecule has 0 radical (unpaired) electrons. The highest BCUT2D eigenvalue weighted by molar-refractivity contribution is 7.17. The van der Waals surface area contributed by atoms with Crippen LogP contribution in [-0.2, 0) is 4.79 Å². The molecule has 0 aliphatic carbocycles. The van der Waals surface area contributed by atoms with Gasteiger partial charge in [-0.25, -0.2) is 0 Å². The van der Waals surface area contributed by atoms with E-state index in [0.717, 1.165) is 0 Å². The van der Waals surface area contributed by atoms with Crippen molar-refractivity contribution in [2.24, 2.45) is 5.92 Å². The third-order valence-electron chi connectivity index (χ3n) is 2.45. The molecular formula is C10H11ClN2O2S. The van der Waals surface area contributed by atoms with Crippen LogP contribution in [0.2, 0.25) is 4.34 Å². The number of rotatable bonds is 3. The molecule has 1 fully saturated rings. The van der Waals surface area contributed by atoms with Crippen molar-refractivity contribution in [3.05, 3.63) is 21.3 Å². The summed E-state index contributed by atoms with van der Waals surface area (Å²) < 4.78 is 0.587. The summed E-state index contributed by atoms with van der Waals surface area (Å²) in [6.45, 7) is 1.44. The van der Waals surface area contributed by atoms with Crippen molar-refractivity contribution < 1.29 is 9.59 Å². The zero-order valence-corrected chi connectivity index (χ0v) is 10.0. The molecule has 0 bridgehead atoms. The summed E-state index contributed by atoms with van der Waals surface area (Å²) >= 11 is 6.96. The van der Waals surface area contributed by atoms with Crippen LogP contribution in [0.15, 0.2) is 12.1 Å². The van der Waals surface area contributed by atoms with Crippen LogP contribution in [0.3, 0.4) is 0 Å². The fourth-order valence-corrected chi connectivity index (χ4v) is 2.51. The predicted octanol–water partition coefficient (Wildman–Crippen LogP) is 0.920. The SMILES string of the molecule is O=C(NC[C@@H]1CNCC1=O)c1ccc(Cl)s1. The lowest BCUT2D eigenvalue weighted by Crippen LogP contribution is -2.32. The molecule has 2 heterocycles. The number of amides is 1. The number of carbonyl (C=O) groups is 2. The first-order chi connectivity index (χ1) is 7.66. The molecule has 2 rings (SSSR count). The van der Waals surface area contributed by atoms with E-state index in [-0.39, 0.29) is 17.6 Å². The van der Waals surface area contributed by atoms with Gasteiger partial charge in [0.2, 0.25) is 0 Å². The second-order valence-electron chi connectivity index (χ2n) is 3.61. The van der Waals surface area contributed by atoms with Crippen LogP contribution < -0.4 is 10.6 Å². The molecule has 1 aromatic heterocycles. The van der Waals surface area contributed by atoms with E-state index in [1.165, 1.54) is 11.3 Å². The van der Waals surface area contributed by atoms with Crippen molar-refractivity contribution in [3.63, 3.8) is 0 Å². The van der Waals surface area contributed by atoms with E-state index >= 15 is 0 Å². The van der Waals surface area contributed by atoms with Crippen LogP contribution in [0.25, 0.3) is 0 Å². The van der Waals surface area contributed by atoms with E-state index in [2.05, 4.69) is 10.6 Å². The number of carbonyl (C=O) groups excluding carboxylic acids is 2. The van der Waals surface area contributed by atoms with Crippen molar-refractivity contribution in [1.29, 1.82) is 0 Å². The molecule has 0 spiro atoms. The largest absolute Gasteiger partial charge is 0.351 e. The van der Waals surface area contributed by atoms with Crippen molar-refractivity contribution >= 4 is 34.6 Å². The first-order valence-electron chi connectivity index (χ1n) is 4.94. The first kappa shape index (κ1) is 11.6. The normalized spacial score (nSPS) is 20.1. The van der Waals surface area contributed by atoms with Crippen molar-refractivity contribution in [2.45, 2.75) is 0 Å². The van der Waals surface area contributed by atoms with Gasteiger partial charge in [-0.05, 0) is 12.1 Å². The number of hydrogen-bond acceptors (Lipinski definition) is 4. The van der Waals surface area contributed by atoms with Gasteiger partial charge in [-0.3, -0.25) is 9.59 Å². The van der Waals surface area contributed by atoms with Crippen LogP contribution in [0.1, 0.15) is 9.67 Å². The molecule has 1 atom stereocenters. The van der Waals surface area contributed by atoms with Gasteiger partial charge in [0.1, 0.15) is 0 Å². The number of Topliss-reactive ketones (excluding diaryl/α,β-unsaturated/α-hetero) is 1. The summed E-state index contributed by atoms with van der Waals surface area (Å²) in [4.78, 5) is 23.5. The second kappa shape index (κ2) is 4.95. The van der Waals surface area contributed by atoms with Crippen LogP contribution in [0, 0.1) is 5.92 Å². The molecule has 1 saturated heterocycles. The van der Waals surface area contributed by atoms with Crippen molar-refractivity contribution in [3.8, 4) is 0 Å². The fraction of sp³-hybridized carbons (Fsp3) is 0.400. The Morgan fingerprint density at radius 3 is 3.00 bits per heavy atom. The molecule has 2 N–H and O–H groups in total. The Balaban J connectivity index is 1.86. The van der Waals surface area contributed by atoms with Gasteiger partial charge in [-0.15, -0.1) is 11.3 Å². The molecule has 6 heteroatoms. The Morgan fingerprint density at radius 1 is 1.62 bits per heavy atom. The lowest BCUT2D eigenvalue weighted by atomic mass is 10.1. The van der Waals surface area contributed by atoms with Gasteiger partial charge in [0.25, 0.3) is 5.91 Å². The summed E-state index contributed by atoms with van der Waals surface area (Å²) in [6.07, 6.45) is 0. The molecule has 1 amide bonds. The Bertz CT molecular complexity index is 419. The molecule has 1 aromatic rings. The highest BCUT2D eigenvalue weighted by Crippen LogP contribution is 2.21. The van der Waals surface area contributed by atoms with E-state index < -0.39 is 0 Å². The monoisotopic (exact) mass is 258 g/mol.